The van der Waals surface area contributed by atoms with Gasteiger partial charge >= 0.3 is 12.4 Å². The molecule has 0 saturated carbocycles. The van der Waals surface area contributed by atoms with Crippen LogP contribution < -0.4 is 10.3 Å². The van der Waals surface area contributed by atoms with Crippen molar-refractivity contribution >= 4 is 10.9 Å². The van der Waals surface area contributed by atoms with Crippen molar-refractivity contribution in [3.05, 3.63) is 99.6 Å². The van der Waals surface area contributed by atoms with Gasteiger partial charge in [0.2, 0.25) is 0 Å². The third kappa shape index (κ3) is 4.55. The zero-order chi connectivity index (χ0) is 27.2. The Balaban J connectivity index is 2.02. The van der Waals surface area contributed by atoms with E-state index in [0.29, 0.717) is 29.0 Å². The summed E-state index contributed by atoms with van der Waals surface area (Å²) in [6.45, 7) is 1.67. The second-order valence-corrected chi connectivity index (χ2v) is 8.43. The van der Waals surface area contributed by atoms with Crippen LogP contribution >= 0.6 is 0 Å². The number of hydrogen-bond donors (Lipinski definition) is 1. The topological polar surface area (TPSA) is 64.3 Å². The van der Waals surface area contributed by atoms with Crippen LogP contribution in [0.3, 0.4) is 0 Å². The Hall–Kier alpha value is -3.86. The highest BCUT2D eigenvalue weighted by Crippen LogP contribution is 2.50. The lowest BCUT2D eigenvalue weighted by Gasteiger charge is -2.33. The molecule has 5 nitrogen and oxygen atoms in total. The van der Waals surface area contributed by atoms with E-state index in [1.54, 1.807) is 37.3 Å². The Kier molecular flexibility index (Phi) is 6.53. The Labute approximate surface area is 206 Å². The number of aromatic nitrogens is 2. The Morgan fingerprint density at radius 1 is 0.919 bits per heavy atom. The Morgan fingerprint density at radius 2 is 1.57 bits per heavy atom. The molecule has 0 radical (unpaired) electrons. The number of methoxy groups -OCH3 is 1. The minimum absolute atomic E-state index is 0.0370. The van der Waals surface area contributed by atoms with Crippen LogP contribution in [0.5, 0.6) is 5.75 Å². The highest BCUT2D eigenvalue weighted by atomic mass is 19.4. The minimum atomic E-state index is -6.07. The fraction of sp³-hybridized carbons (Fsp3) is 0.231. The van der Waals surface area contributed by atoms with Gasteiger partial charge in [0.05, 0.1) is 23.7 Å². The van der Waals surface area contributed by atoms with Crippen molar-refractivity contribution in [1.29, 1.82) is 0 Å². The normalized spacial score (nSPS) is 12.7. The fourth-order valence-corrected chi connectivity index (χ4v) is 4.11. The smallest absolute Gasteiger partial charge is 0.430 e. The highest BCUT2D eigenvalue weighted by molar-refractivity contribution is 5.81. The first-order valence-corrected chi connectivity index (χ1v) is 10.9. The minimum Gasteiger partial charge on any atom is -0.496 e. The molecule has 0 fully saturated rings. The average molecular weight is 522 g/mol. The number of rotatable bonds is 5. The predicted octanol–water partition coefficient (Wildman–Crippen LogP) is 5.61. The van der Waals surface area contributed by atoms with Crippen LogP contribution in [-0.4, -0.2) is 34.1 Å². The highest BCUT2D eigenvalue weighted by Gasteiger charge is 2.71. The van der Waals surface area contributed by atoms with E-state index in [9.17, 15) is 36.2 Å². The largest absolute Gasteiger partial charge is 0.496 e. The standard InChI is InChI=1S/C26H20F6N2O3/c1-15-11-19-20(14-21(15)37-2)33-22(12-16-7-4-3-5-8-16)34(23(19)35)18-10-6-9-17(13-18)24(36,25(27,28)29)26(30,31)32/h3-11,13-14,36H,12H2,1-2H3. The number of aryl methyl sites for hydroxylation is 1. The van der Waals surface area contributed by atoms with E-state index in [4.69, 9.17) is 4.74 Å². The summed E-state index contributed by atoms with van der Waals surface area (Å²) in [5.41, 5.74) is -6.13. The van der Waals surface area contributed by atoms with E-state index >= 15 is 0 Å². The molecule has 0 aliphatic rings. The molecule has 0 unspecified atom stereocenters. The molecule has 0 amide bonds. The van der Waals surface area contributed by atoms with Crippen molar-refractivity contribution in [1.82, 2.24) is 9.55 Å². The van der Waals surface area contributed by atoms with Crippen LogP contribution in [0.2, 0.25) is 0 Å². The molecule has 1 aromatic heterocycles. The van der Waals surface area contributed by atoms with Crippen LogP contribution in [0.25, 0.3) is 16.6 Å². The van der Waals surface area contributed by atoms with Gasteiger partial charge in [-0.2, -0.15) is 26.3 Å². The molecular weight excluding hydrogens is 502 g/mol. The third-order valence-electron chi connectivity index (χ3n) is 6.00. The van der Waals surface area contributed by atoms with Crippen molar-refractivity contribution < 1.29 is 36.2 Å². The summed E-state index contributed by atoms with van der Waals surface area (Å²) in [6, 6.07) is 14.8. The number of aliphatic hydroxyl groups is 1. The average Bonchev–Trinajstić information content (AvgIpc) is 2.83. The summed E-state index contributed by atoms with van der Waals surface area (Å²) in [7, 11) is 1.44. The Bertz CT molecular complexity index is 1500. The molecule has 0 saturated heterocycles. The number of nitrogens with zero attached hydrogens (tertiary/aromatic N) is 2. The molecule has 4 rings (SSSR count). The van der Waals surface area contributed by atoms with Gasteiger partial charge in [0.15, 0.2) is 0 Å². The monoisotopic (exact) mass is 522 g/mol. The quantitative estimate of drug-likeness (QED) is 0.347. The van der Waals surface area contributed by atoms with Crippen LogP contribution in [-0.2, 0) is 12.0 Å². The zero-order valence-electron chi connectivity index (χ0n) is 19.5. The van der Waals surface area contributed by atoms with Crippen molar-refractivity contribution in [2.45, 2.75) is 31.3 Å². The molecule has 0 atom stereocenters. The van der Waals surface area contributed by atoms with Gasteiger partial charge in [-0.1, -0.05) is 42.5 Å². The van der Waals surface area contributed by atoms with Crippen molar-refractivity contribution in [2.75, 3.05) is 7.11 Å². The number of fused-ring (bicyclic) bond motifs is 1. The van der Waals surface area contributed by atoms with E-state index in [1.807, 2.05) is 0 Å². The lowest BCUT2D eigenvalue weighted by Crippen LogP contribution is -2.54. The van der Waals surface area contributed by atoms with Gasteiger partial charge in [0.1, 0.15) is 11.6 Å². The second-order valence-electron chi connectivity index (χ2n) is 8.43. The van der Waals surface area contributed by atoms with Crippen LogP contribution in [0.1, 0.15) is 22.5 Å². The first-order chi connectivity index (χ1) is 17.3. The molecule has 11 heteroatoms. The maximum absolute atomic E-state index is 13.6. The fourth-order valence-electron chi connectivity index (χ4n) is 4.11. The van der Waals surface area contributed by atoms with Gasteiger partial charge in [-0.15, -0.1) is 0 Å². The molecule has 0 aliphatic heterocycles. The molecule has 0 bridgehead atoms. The van der Waals surface area contributed by atoms with Crippen LogP contribution in [0.15, 0.2) is 71.5 Å². The summed E-state index contributed by atoms with van der Waals surface area (Å²) in [5, 5.41) is 9.99. The number of alkyl halides is 6. The number of halogens is 6. The molecular formula is C26H20F6N2O3. The summed E-state index contributed by atoms with van der Waals surface area (Å²) in [6.07, 6.45) is -12.1. The summed E-state index contributed by atoms with van der Waals surface area (Å²) < 4.78 is 87.4. The van der Waals surface area contributed by atoms with E-state index in [-0.39, 0.29) is 28.8 Å². The molecule has 3 aromatic carbocycles. The van der Waals surface area contributed by atoms with E-state index in [0.717, 1.165) is 10.6 Å². The maximum atomic E-state index is 13.6. The molecule has 4 aromatic rings. The van der Waals surface area contributed by atoms with E-state index < -0.39 is 29.1 Å². The van der Waals surface area contributed by atoms with Gasteiger partial charge < -0.3 is 9.84 Å². The van der Waals surface area contributed by atoms with Crippen molar-refractivity contribution in [3.8, 4) is 11.4 Å². The lowest BCUT2D eigenvalue weighted by molar-refractivity contribution is -0.376. The molecule has 1 heterocycles. The second kappa shape index (κ2) is 9.22. The summed E-state index contributed by atoms with van der Waals surface area (Å²) >= 11 is 0. The van der Waals surface area contributed by atoms with Gasteiger partial charge in [-0.3, -0.25) is 9.36 Å². The lowest BCUT2D eigenvalue weighted by atomic mass is 9.92. The number of ether oxygens (including phenoxy) is 1. The first-order valence-electron chi connectivity index (χ1n) is 10.9. The summed E-state index contributed by atoms with van der Waals surface area (Å²) in [4.78, 5) is 18.1. The third-order valence-corrected chi connectivity index (χ3v) is 6.00. The van der Waals surface area contributed by atoms with Crippen molar-refractivity contribution in [3.63, 3.8) is 0 Å². The van der Waals surface area contributed by atoms with Crippen LogP contribution in [0, 0.1) is 6.92 Å². The molecule has 37 heavy (non-hydrogen) atoms. The van der Waals surface area contributed by atoms with E-state index in [1.165, 1.54) is 25.3 Å². The first kappa shape index (κ1) is 26.2. The SMILES string of the molecule is COc1cc2nc(Cc3ccccc3)n(-c3cccc(C(O)(C(F)(F)F)C(F)(F)F)c3)c(=O)c2cc1C. The maximum Gasteiger partial charge on any atom is 0.430 e. The van der Waals surface area contributed by atoms with Gasteiger partial charge in [0, 0.05) is 18.1 Å². The van der Waals surface area contributed by atoms with Gasteiger partial charge in [-0.25, -0.2) is 4.98 Å². The van der Waals surface area contributed by atoms with Crippen LogP contribution in [0.4, 0.5) is 26.3 Å². The van der Waals surface area contributed by atoms with Crippen molar-refractivity contribution in [2.24, 2.45) is 0 Å². The predicted molar refractivity (Wildman–Crippen MR) is 124 cm³/mol. The van der Waals surface area contributed by atoms with Gasteiger partial charge in [0.25, 0.3) is 11.2 Å². The zero-order valence-corrected chi connectivity index (χ0v) is 19.5. The summed E-state index contributed by atoms with van der Waals surface area (Å²) in [5.74, 6) is 0.513. The molecule has 0 spiro atoms. The van der Waals surface area contributed by atoms with E-state index in [2.05, 4.69) is 4.98 Å². The molecule has 0 aliphatic carbocycles. The molecule has 1 N–H and O–H groups in total. The number of benzene rings is 3. The van der Waals surface area contributed by atoms with Gasteiger partial charge in [-0.05, 0) is 36.2 Å². The molecule has 194 valence electrons. The number of hydrogen-bond acceptors (Lipinski definition) is 4. The Morgan fingerprint density at radius 3 is 2.16 bits per heavy atom.